The molecule has 2 aromatic carbocycles. The van der Waals surface area contributed by atoms with Gasteiger partial charge in [-0.2, -0.15) is 10.2 Å². The molecule has 34 heavy (non-hydrogen) atoms. The van der Waals surface area contributed by atoms with E-state index >= 15 is 0 Å². The van der Waals surface area contributed by atoms with Crippen LogP contribution in [0.4, 0.5) is 0 Å². The molecule has 8 heteroatoms. The zero-order valence-corrected chi connectivity index (χ0v) is 22.5. The van der Waals surface area contributed by atoms with Crippen molar-refractivity contribution >= 4 is 61.2 Å². The van der Waals surface area contributed by atoms with Crippen molar-refractivity contribution in [2.75, 3.05) is 0 Å². The first-order valence-electron chi connectivity index (χ1n) is 11.3. The summed E-state index contributed by atoms with van der Waals surface area (Å²) in [6, 6.07) is 16.2. The van der Waals surface area contributed by atoms with Gasteiger partial charge in [0.2, 0.25) is 0 Å². The maximum Gasteiger partial charge on any atom is 0.296 e. The molecule has 5 nitrogen and oxygen atoms in total. The van der Waals surface area contributed by atoms with Crippen molar-refractivity contribution in [3.05, 3.63) is 91.1 Å². The third-order valence-corrected chi connectivity index (χ3v) is 7.71. The molecule has 1 aliphatic carbocycles. The van der Waals surface area contributed by atoms with Crippen LogP contribution in [0.25, 0.3) is 6.08 Å². The topological polar surface area (TPSA) is 50.5 Å². The number of hydrogen-bond acceptors (Lipinski definition) is 3. The Morgan fingerprint density at radius 2 is 1.79 bits per heavy atom. The molecule has 1 aliphatic heterocycles. The molecule has 3 aromatic rings. The maximum atomic E-state index is 13.7. The number of aryl methyl sites for hydroxylation is 1. The van der Waals surface area contributed by atoms with Gasteiger partial charge in [-0.3, -0.25) is 9.48 Å². The van der Waals surface area contributed by atoms with E-state index in [2.05, 4.69) is 67.3 Å². The molecule has 1 aromatic heterocycles. The van der Waals surface area contributed by atoms with Crippen LogP contribution < -0.4 is 0 Å². The number of carbonyl (C=O) groups is 1. The normalized spacial score (nSPS) is 21.0. The molecule has 0 unspecified atom stereocenters. The van der Waals surface area contributed by atoms with Gasteiger partial charge in [-0.05, 0) is 73.2 Å². The molecular formula is C26H23Br2ClN4O. The van der Waals surface area contributed by atoms with Crippen molar-refractivity contribution in [1.82, 2.24) is 14.8 Å². The average Bonchev–Trinajstić information content (AvgIpc) is 3.42. The summed E-state index contributed by atoms with van der Waals surface area (Å²) in [6.07, 6.45) is 6.84. The predicted molar refractivity (Wildman–Crippen MR) is 143 cm³/mol. The van der Waals surface area contributed by atoms with E-state index in [4.69, 9.17) is 16.7 Å². The van der Waals surface area contributed by atoms with E-state index in [1.807, 2.05) is 31.2 Å². The molecule has 2 atom stereocenters. The lowest BCUT2D eigenvalue weighted by molar-refractivity contribution is 0.0674. The summed E-state index contributed by atoms with van der Waals surface area (Å²) in [6.45, 7) is 2.60. The highest BCUT2D eigenvalue weighted by molar-refractivity contribution is 9.10. The summed E-state index contributed by atoms with van der Waals surface area (Å²) in [7, 11) is 0. The van der Waals surface area contributed by atoms with Gasteiger partial charge in [0.25, 0.3) is 5.91 Å². The number of hydrogen-bond donors (Lipinski definition) is 0. The molecule has 0 N–H and O–H groups in total. The number of rotatable bonds is 4. The van der Waals surface area contributed by atoms with Crippen LogP contribution in [-0.2, 0) is 6.54 Å². The Kier molecular flexibility index (Phi) is 6.78. The van der Waals surface area contributed by atoms with Crippen molar-refractivity contribution in [2.24, 2.45) is 11.0 Å². The first-order valence-corrected chi connectivity index (χ1v) is 13.3. The Morgan fingerprint density at radius 1 is 1.12 bits per heavy atom. The van der Waals surface area contributed by atoms with E-state index in [9.17, 15) is 4.79 Å². The van der Waals surface area contributed by atoms with E-state index in [-0.39, 0.29) is 23.6 Å². The standard InChI is InChI=1S/C26H23Br2ClN4O/c1-2-32-15-22(29)24(30-32)26(34)33-25(17-8-12-20(28)13-9-17)21-5-3-4-18(23(21)31-33)14-16-6-10-19(27)11-7-16/h6-15,21,25H,2-5H2,1H3/b18-14+/t21-,25+/m0/s1. The van der Waals surface area contributed by atoms with Gasteiger partial charge in [0.05, 0.1) is 16.8 Å². The van der Waals surface area contributed by atoms with Gasteiger partial charge in [0, 0.05) is 27.6 Å². The van der Waals surface area contributed by atoms with E-state index < -0.39 is 0 Å². The monoisotopic (exact) mass is 600 g/mol. The Labute approximate surface area is 220 Å². The summed E-state index contributed by atoms with van der Waals surface area (Å²) in [5.41, 5.74) is 4.59. The van der Waals surface area contributed by atoms with Crippen LogP contribution in [0.15, 0.2) is 74.3 Å². The van der Waals surface area contributed by atoms with Crippen LogP contribution in [0.3, 0.4) is 0 Å². The highest BCUT2D eigenvalue weighted by Crippen LogP contribution is 2.45. The van der Waals surface area contributed by atoms with Crippen LogP contribution in [-0.4, -0.2) is 26.4 Å². The number of fused-ring (bicyclic) bond motifs is 1. The van der Waals surface area contributed by atoms with Crippen molar-refractivity contribution in [3.63, 3.8) is 0 Å². The largest absolute Gasteiger partial charge is 0.296 e. The number of allylic oxidation sites excluding steroid dienone is 1. The van der Waals surface area contributed by atoms with Crippen molar-refractivity contribution in [1.29, 1.82) is 0 Å². The van der Waals surface area contributed by atoms with E-state index in [0.29, 0.717) is 11.6 Å². The van der Waals surface area contributed by atoms with Crippen LogP contribution in [0.5, 0.6) is 0 Å². The number of hydrazone groups is 1. The molecule has 0 radical (unpaired) electrons. The Morgan fingerprint density at radius 3 is 2.44 bits per heavy atom. The quantitative estimate of drug-likeness (QED) is 0.310. The summed E-state index contributed by atoms with van der Waals surface area (Å²) in [5.74, 6) is -0.150. The molecule has 1 saturated carbocycles. The molecule has 2 heterocycles. The first kappa shape index (κ1) is 23.5. The second-order valence-corrected chi connectivity index (χ2v) is 10.8. The SMILES string of the molecule is CCn1cc(Cl)c(C(=O)N2N=C3/C(=C/c4ccc(Br)cc4)CCC[C@@H]3[C@H]2c2ccc(Br)cc2)n1. The van der Waals surface area contributed by atoms with Crippen molar-refractivity contribution < 1.29 is 4.79 Å². The van der Waals surface area contributed by atoms with Crippen LogP contribution in [0, 0.1) is 5.92 Å². The van der Waals surface area contributed by atoms with Crippen molar-refractivity contribution in [2.45, 2.75) is 38.8 Å². The zero-order chi connectivity index (χ0) is 23.8. The second kappa shape index (κ2) is 9.80. The molecule has 0 bridgehead atoms. The highest BCUT2D eigenvalue weighted by atomic mass is 79.9. The minimum Gasteiger partial charge on any atom is -0.271 e. The fourth-order valence-electron chi connectivity index (χ4n) is 4.73. The minimum absolute atomic E-state index is 0.118. The second-order valence-electron chi connectivity index (χ2n) is 8.53. The lowest BCUT2D eigenvalue weighted by Crippen LogP contribution is -2.32. The van der Waals surface area contributed by atoms with Crippen LogP contribution in [0.1, 0.15) is 53.8 Å². The molecule has 2 aliphatic rings. The molecule has 0 saturated heterocycles. The smallest absolute Gasteiger partial charge is 0.271 e. The summed E-state index contributed by atoms with van der Waals surface area (Å²) >= 11 is 13.4. The van der Waals surface area contributed by atoms with E-state index in [1.54, 1.807) is 15.9 Å². The Hall–Kier alpha value is -2.22. The summed E-state index contributed by atoms with van der Waals surface area (Å²) in [4.78, 5) is 13.7. The molecule has 174 valence electrons. The Bertz CT molecular complexity index is 1280. The number of aromatic nitrogens is 2. The van der Waals surface area contributed by atoms with Crippen LogP contribution >= 0.6 is 43.5 Å². The third-order valence-electron chi connectivity index (χ3n) is 6.38. The van der Waals surface area contributed by atoms with Gasteiger partial charge >= 0.3 is 0 Å². The molecular weight excluding hydrogens is 580 g/mol. The lowest BCUT2D eigenvalue weighted by atomic mass is 9.77. The summed E-state index contributed by atoms with van der Waals surface area (Å²) in [5, 5.41) is 11.3. The molecule has 1 fully saturated rings. The number of nitrogens with zero attached hydrogens (tertiary/aromatic N) is 4. The van der Waals surface area contributed by atoms with E-state index in [1.165, 1.54) is 5.57 Å². The molecule has 1 amide bonds. The molecule has 5 rings (SSSR count). The van der Waals surface area contributed by atoms with Gasteiger partial charge in [0.1, 0.15) is 0 Å². The molecule has 0 spiro atoms. The fraction of sp³-hybridized carbons (Fsp3) is 0.269. The minimum atomic E-state index is -0.269. The predicted octanol–water partition coefficient (Wildman–Crippen LogP) is 7.52. The Balaban J connectivity index is 1.58. The van der Waals surface area contributed by atoms with Gasteiger partial charge < -0.3 is 0 Å². The van der Waals surface area contributed by atoms with Crippen LogP contribution in [0.2, 0.25) is 5.02 Å². The number of benzene rings is 2. The van der Waals surface area contributed by atoms with Crippen molar-refractivity contribution in [3.8, 4) is 0 Å². The highest BCUT2D eigenvalue weighted by Gasteiger charge is 2.44. The van der Waals surface area contributed by atoms with Gasteiger partial charge in [0.15, 0.2) is 5.69 Å². The zero-order valence-electron chi connectivity index (χ0n) is 18.6. The summed E-state index contributed by atoms with van der Waals surface area (Å²) < 4.78 is 3.72. The number of carbonyl (C=O) groups excluding carboxylic acids is 1. The first-order chi connectivity index (χ1) is 16.4. The number of halogens is 3. The fourth-order valence-corrected chi connectivity index (χ4v) is 5.49. The van der Waals surface area contributed by atoms with E-state index in [0.717, 1.165) is 45.0 Å². The lowest BCUT2D eigenvalue weighted by Gasteiger charge is -2.29. The van der Waals surface area contributed by atoms with Gasteiger partial charge in [-0.25, -0.2) is 5.01 Å². The average molecular weight is 603 g/mol. The third kappa shape index (κ3) is 4.53. The van der Waals surface area contributed by atoms with Gasteiger partial charge in [-0.1, -0.05) is 67.7 Å². The maximum absolute atomic E-state index is 13.7. The number of amides is 1. The van der Waals surface area contributed by atoms with Gasteiger partial charge in [-0.15, -0.1) is 0 Å².